The molecular formula is C36H51N2SeTe+. The van der Waals surface area contributed by atoms with Gasteiger partial charge in [0.2, 0.25) is 0 Å². The van der Waals surface area contributed by atoms with Crippen molar-refractivity contribution in [2.45, 2.75) is 112 Å². The van der Waals surface area contributed by atoms with Crippen molar-refractivity contribution in [3.05, 3.63) is 67.5 Å². The molecule has 0 N–H and O–H groups in total. The van der Waals surface area contributed by atoms with Gasteiger partial charge in [-0.25, -0.2) is 0 Å². The van der Waals surface area contributed by atoms with Crippen LogP contribution in [0.2, 0.25) is 0 Å². The molecule has 4 rings (SSSR count). The van der Waals surface area contributed by atoms with Crippen molar-refractivity contribution in [2.24, 2.45) is 5.92 Å². The summed E-state index contributed by atoms with van der Waals surface area (Å²) in [5.74, 6) is 0.511. The summed E-state index contributed by atoms with van der Waals surface area (Å²) in [5.41, 5.74) is 7.54. The van der Waals surface area contributed by atoms with Crippen molar-refractivity contribution in [2.75, 3.05) is 11.4 Å². The second-order valence-electron chi connectivity index (χ2n) is 11.6. The molecule has 40 heavy (non-hydrogen) atoms. The van der Waals surface area contributed by atoms with Gasteiger partial charge in [-0.2, -0.15) is 0 Å². The van der Waals surface area contributed by atoms with Crippen molar-refractivity contribution < 1.29 is 4.57 Å². The van der Waals surface area contributed by atoms with Crippen LogP contribution in [-0.4, -0.2) is 41.9 Å². The minimum absolute atomic E-state index is 0.372. The van der Waals surface area contributed by atoms with E-state index in [2.05, 4.69) is 99.6 Å². The number of hydrogen-bond donors (Lipinski definition) is 0. The van der Waals surface area contributed by atoms with E-state index in [1.54, 1.807) is 16.2 Å². The molecule has 1 aliphatic heterocycles. The van der Waals surface area contributed by atoms with Crippen LogP contribution >= 0.6 is 0 Å². The van der Waals surface area contributed by atoms with E-state index in [1.807, 2.05) is 0 Å². The standard InChI is InChI=1S/C36H51N2SeTe/c1-7-11-13-15-28-17-19-33-31(23-28)37(21-9-3)35(39-33)25-30(27(5)6)26-36-38(22-10-4)32-24-29(16-14-12-8-2)18-20-34(32)40-36/h17-20,23-27H,7-16,21-22H2,1-6H3/q+1. The Kier molecular flexibility index (Phi) is 12.5. The fourth-order valence-electron chi connectivity index (χ4n) is 5.55. The van der Waals surface area contributed by atoms with Crippen LogP contribution in [0.4, 0.5) is 5.69 Å². The Bertz CT molecular complexity index is 1320. The van der Waals surface area contributed by atoms with Crippen molar-refractivity contribution in [1.29, 1.82) is 0 Å². The number of benzene rings is 2. The third kappa shape index (κ3) is 7.95. The first kappa shape index (κ1) is 31.6. The number of allylic oxidation sites excluding steroid dienone is 2. The van der Waals surface area contributed by atoms with Crippen molar-refractivity contribution >= 4 is 60.5 Å². The normalized spacial score (nSPS) is 14.7. The van der Waals surface area contributed by atoms with E-state index in [0.717, 1.165) is 13.1 Å². The third-order valence-electron chi connectivity index (χ3n) is 7.87. The van der Waals surface area contributed by atoms with Gasteiger partial charge < -0.3 is 0 Å². The Morgan fingerprint density at radius 1 is 0.875 bits per heavy atom. The monoisotopic (exact) mass is 721 g/mol. The maximum absolute atomic E-state index is 2.68. The molecule has 2 aromatic carbocycles. The van der Waals surface area contributed by atoms with Gasteiger partial charge in [-0.05, 0) is 0 Å². The van der Waals surface area contributed by atoms with Gasteiger partial charge in [0, 0.05) is 0 Å². The van der Waals surface area contributed by atoms with E-state index >= 15 is 0 Å². The molecule has 0 fully saturated rings. The van der Waals surface area contributed by atoms with Crippen molar-refractivity contribution in [3.63, 3.8) is 0 Å². The summed E-state index contributed by atoms with van der Waals surface area (Å²) >= 11 is -0.000620. The second kappa shape index (κ2) is 15.8. The topological polar surface area (TPSA) is 7.12 Å². The molecule has 1 aromatic heterocycles. The van der Waals surface area contributed by atoms with Crippen LogP contribution in [0.15, 0.2) is 52.6 Å². The number of fused-ring (bicyclic) bond motifs is 2. The summed E-state index contributed by atoms with van der Waals surface area (Å²) in [6, 6.07) is 14.8. The number of rotatable bonds is 15. The predicted molar refractivity (Wildman–Crippen MR) is 178 cm³/mol. The zero-order valence-electron chi connectivity index (χ0n) is 25.9. The average molecular weight is 718 g/mol. The number of unbranched alkanes of at least 4 members (excludes halogenated alkanes) is 4. The van der Waals surface area contributed by atoms with E-state index in [0.29, 0.717) is 20.9 Å². The van der Waals surface area contributed by atoms with Crippen LogP contribution in [0.25, 0.3) is 15.0 Å². The molecule has 0 amide bonds. The zero-order chi connectivity index (χ0) is 28.5. The molecule has 0 spiro atoms. The first-order chi connectivity index (χ1) is 19.5. The van der Waals surface area contributed by atoms with Crippen LogP contribution in [0.1, 0.15) is 108 Å². The molecule has 0 unspecified atom stereocenters. The number of nitrogens with zero attached hydrogens (tertiary/aromatic N) is 2. The van der Waals surface area contributed by atoms with Crippen LogP contribution in [0.5, 0.6) is 0 Å². The van der Waals surface area contributed by atoms with Gasteiger partial charge in [-0.3, -0.25) is 0 Å². The van der Waals surface area contributed by atoms with Gasteiger partial charge in [-0.15, -0.1) is 0 Å². The zero-order valence-corrected chi connectivity index (χ0v) is 29.9. The third-order valence-corrected chi connectivity index (χ3v) is 13.4. The molecule has 2 heterocycles. The molecule has 1 aliphatic rings. The van der Waals surface area contributed by atoms with Crippen molar-refractivity contribution in [1.82, 2.24) is 0 Å². The van der Waals surface area contributed by atoms with Gasteiger partial charge in [0.15, 0.2) is 0 Å². The summed E-state index contributed by atoms with van der Waals surface area (Å²) in [5, 5.41) is 0. The van der Waals surface area contributed by atoms with Gasteiger partial charge in [0.05, 0.1) is 0 Å². The average Bonchev–Trinajstić information content (AvgIpc) is 3.46. The quantitative estimate of drug-likeness (QED) is 0.0874. The molecule has 0 radical (unpaired) electrons. The summed E-state index contributed by atoms with van der Waals surface area (Å²) in [7, 11) is 0. The summed E-state index contributed by atoms with van der Waals surface area (Å²) in [6.07, 6.45) is 17.8. The predicted octanol–water partition coefficient (Wildman–Crippen LogP) is 8.20. The molecule has 2 nitrogen and oxygen atoms in total. The van der Waals surface area contributed by atoms with Crippen LogP contribution < -0.4 is 13.9 Å². The fourth-order valence-corrected chi connectivity index (χ4v) is 11.1. The summed E-state index contributed by atoms with van der Waals surface area (Å²) < 4.78 is 9.03. The summed E-state index contributed by atoms with van der Waals surface area (Å²) in [6.45, 7) is 16.2. The van der Waals surface area contributed by atoms with E-state index in [-0.39, 0.29) is 20.4 Å². The van der Waals surface area contributed by atoms with Crippen molar-refractivity contribution in [3.8, 4) is 0 Å². The van der Waals surface area contributed by atoms with E-state index in [1.165, 1.54) is 92.1 Å². The molecule has 0 bridgehead atoms. The Morgan fingerprint density at radius 3 is 2.23 bits per heavy atom. The SMILES string of the molecule is CCCCCc1ccc2c(c1)N(CCC)/C(=C/C(=C/c1[te]c3ccc(CCCCC)cc3[n+]1CCC)C(C)C)[Se]2. The van der Waals surface area contributed by atoms with E-state index in [4.69, 9.17) is 0 Å². The van der Waals surface area contributed by atoms with E-state index < -0.39 is 0 Å². The van der Waals surface area contributed by atoms with Crippen LogP contribution in [0, 0.1) is 5.92 Å². The Morgan fingerprint density at radius 2 is 1.57 bits per heavy atom. The molecular weight excluding hydrogens is 667 g/mol. The van der Waals surface area contributed by atoms with Gasteiger partial charge in [0.25, 0.3) is 0 Å². The molecule has 0 saturated heterocycles. The van der Waals surface area contributed by atoms with Crippen LogP contribution in [-0.2, 0) is 19.4 Å². The first-order valence-corrected chi connectivity index (χ1v) is 20.0. The van der Waals surface area contributed by atoms with E-state index in [9.17, 15) is 0 Å². The molecule has 0 aliphatic carbocycles. The molecule has 0 saturated carbocycles. The molecule has 3 aromatic rings. The second-order valence-corrected chi connectivity index (χ2v) is 16.9. The summed E-state index contributed by atoms with van der Waals surface area (Å²) in [4.78, 5) is 2.66. The Labute approximate surface area is 260 Å². The first-order valence-electron chi connectivity index (χ1n) is 16.0. The molecule has 0 atom stereocenters. The molecule has 4 heteroatoms. The number of anilines is 1. The van der Waals surface area contributed by atoms with Gasteiger partial charge in [-0.1, -0.05) is 0 Å². The fraction of sp³-hybridized carbons (Fsp3) is 0.528. The molecule has 216 valence electrons. The number of aryl methyl sites for hydroxylation is 3. The Hall–Kier alpha value is -1.30. The van der Waals surface area contributed by atoms with Gasteiger partial charge >= 0.3 is 262 Å². The van der Waals surface area contributed by atoms with Crippen LogP contribution in [0.3, 0.4) is 0 Å². The minimum atomic E-state index is -0.373. The van der Waals surface area contributed by atoms with Gasteiger partial charge in [0.1, 0.15) is 0 Å². The number of aromatic nitrogens is 1. The Balaban J connectivity index is 1.68. The number of hydrogen-bond acceptors (Lipinski definition) is 1. The maximum atomic E-state index is 2.68.